The van der Waals surface area contributed by atoms with Crippen molar-refractivity contribution in [2.24, 2.45) is 11.8 Å². The SMILES string of the molecule is CC(C)CCCCCC(CO)C(=O)S.CCC[CH2][Sn]. The zero-order valence-corrected chi connectivity index (χ0v) is 16.6. The molecular formula is C15H31O2SSn. The van der Waals surface area contributed by atoms with Gasteiger partial charge in [-0.3, -0.25) is 4.79 Å². The minimum atomic E-state index is -0.252. The minimum absolute atomic E-state index is 0.0630. The molecule has 0 fully saturated rings. The third-order valence-corrected chi connectivity index (χ3v) is 4.31. The van der Waals surface area contributed by atoms with E-state index in [1.807, 2.05) is 0 Å². The Labute approximate surface area is 138 Å². The van der Waals surface area contributed by atoms with Gasteiger partial charge in [0.05, 0.1) is 12.5 Å². The summed E-state index contributed by atoms with van der Waals surface area (Å²) in [6, 6.07) is 0. The van der Waals surface area contributed by atoms with Crippen LogP contribution < -0.4 is 0 Å². The predicted molar refractivity (Wildman–Crippen MR) is 88.0 cm³/mol. The molecule has 0 aliphatic heterocycles. The number of thiol groups is 1. The van der Waals surface area contributed by atoms with Gasteiger partial charge < -0.3 is 5.11 Å². The molecule has 3 radical (unpaired) electrons. The molecule has 0 bridgehead atoms. The van der Waals surface area contributed by atoms with Gasteiger partial charge in [0.2, 0.25) is 0 Å². The summed E-state index contributed by atoms with van der Waals surface area (Å²) in [6.07, 6.45) is 8.20. The summed E-state index contributed by atoms with van der Waals surface area (Å²) in [7, 11) is 0. The summed E-state index contributed by atoms with van der Waals surface area (Å²) in [5.74, 6) is 0.507. The molecule has 4 heteroatoms. The molecule has 0 rings (SSSR count). The van der Waals surface area contributed by atoms with E-state index < -0.39 is 0 Å². The monoisotopic (exact) mass is 395 g/mol. The van der Waals surface area contributed by atoms with Crippen molar-refractivity contribution in [2.75, 3.05) is 6.61 Å². The molecule has 1 unspecified atom stereocenters. The molecule has 0 spiro atoms. The Morgan fingerprint density at radius 2 is 1.74 bits per heavy atom. The van der Waals surface area contributed by atoms with Crippen molar-refractivity contribution in [1.82, 2.24) is 0 Å². The Kier molecular flexibility index (Phi) is 19.5. The van der Waals surface area contributed by atoms with Crippen molar-refractivity contribution in [3.05, 3.63) is 0 Å². The van der Waals surface area contributed by atoms with E-state index in [0.29, 0.717) is 0 Å². The zero-order valence-electron chi connectivity index (χ0n) is 12.8. The number of aliphatic hydroxyl groups excluding tert-OH is 1. The quantitative estimate of drug-likeness (QED) is 0.334. The molecule has 19 heavy (non-hydrogen) atoms. The van der Waals surface area contributed by atoms with Gasteiger partial charge in [-0.25, -0.2) is 0 Å². The summed E-state index contributed by atoms with van der Waals surface area (Å²) in [5, 5.41) is 8.69. The second-order valence-corrected chi connectivity index (χ2v) is 7.22. The van der Waals surface area contributed by atoms with Gasteiger partial charge in [0.15, 0.2) is 5.12 Å². The first kappa shape index (κ1) is 22.1. The fraction of sp³-hybridized carbons (Fsp3) is 0.933. The Balaban J connectivity index is 0. The summed E-state index contributed by atoms with van der Waals surface area (Å²) in [4.78, 5) is 10.9. The zero-order chi connectivity index (χ0) is 15.1. The molecule has 0 heterocycles. The number of hydrogen-bond donors (Lipinski definition) is 2. The van der Waals surface area contributed by atoms with Crippen LogP contribution in [0.2, 0.25) is 4.44 Å². The molecule has 0 aromatic heterocycles. The van der Waals surface area contributed by atoms with Crippen LogP contribution in [-0.2, 0) is 4.79 Å². The molecule has 0 saturated carbocycles. The average molecular weight is 394 g/mol. The van der Waals surface area contributed by atoms with Gasteiger partial charge in [-0.2, -0.15) is 0 Å². The molecule has 0 aliphatic rings. The van der Waals surface area contributed by atoms with Gasteiger partial charge in [0, 0.05) is 0 Å². The summed E-state index contributed by atoms with van der Waals surface area (Å²) in [6.45, 7) is 6.60. The maximum absolute atomic E-state index is 10.9. The van der Waals surface area contributed by atoms with Crippen LogP contribution in [0, 0.1) is 11.8 Å². The Morgan fingerprint density at radius 3 is 2.05 bits per heavy atom. The average Bonchev–Trinajstić information content (AvgIpc) is 2.34. The van der Waals surface area contributed by atoms with Crippen molar-refractivity contribution < 1.29 is 9.90 Å². The van der Waals surface area contributed by atoms with Gasteiger partial charge in [-0.15, -0.1) is 12.6 Å². The van der Waals surface area contributed by atoms with Gasteiger partial charge >= 0.3 is 46.7 Å². The van der Waals surface area contributed by atoms with Crippen molar-refractivity contribution in [2.45, 2.75) is 70.2 Å². The van der Waals surface area contributed by atoms with E-state index in [1.165, 1.54) is 30.1 Å². The number of hydrogen-bond acceptors (Lipinski definition) is 2. The number of carbonyl (C=O) groups excluding carboxylic acids is 1. The standard InChI is InChI=1S/C11H22O2S.C4H9.Sn/c1-9(2)6-4-3-5-7-10(8-12)11(13)14;1-3-4-2;/h9-10,12H,3-8H2,1-2H3,(H,13,14);1,3-4H2,2H3;. The normalized spacial score (nSPS) is 11.9. The van der Waals surface area contributed by atoms with E-state index in [4.69, 9.17) is 5.11 Å². The second kappa shape index (κ2) is 16.8. The first-order valence-electron chi connectivity index (χ1n) is 7.47. The summed E-state index contributed by atoms with van der Waals surface area (Å²) < 4.78 is 1.43. The van der Waals surface area contributed by atoms with Gasteiger partial charge in [-0.05, 0) is 12.3 Å². The van der Waals surface area contributed by atoms with Crippen LogP contribution in [0.3, 0.4) is 0 Å². The Bertz CT molecular complexity index is 197. The molecule has 0 aliphatic carbocycles. The molecule has 0 saturated heterocycles. The van der Waals surface area contributed by atoms with Gasteiger partial charge in [0.1, 0.15) is 0 Å². The van der Waals surface area contributed by atoms with Crippen LogP contribution in [0.4, 0.5) is 0 Å². The number of rotatable bonds is 10. The molecule has 0 aromatic rings. The summed E-state index contributed by atoms with van der Waals surface area (Å²) in [5.41, 5.74) is 0. The van der Waals surface area contributed by atoms with E-state index >= 15 is 0 Å². The van der Waals surface area contributed by atoms with Gasteiger partial charge in [-0.1, -0.05) is 39.5 Å². The predicted octanol–water partition coefficient (Wildman–Crippen LogP) is 4.03. The molecule has 2 nitrogen and oxygen atoms in total. The fourth-order valence-corrected chi connectivity index (χ4v) is 2.81. The third kappa shape index (κ3) is 18.8. The number of aliphatic hydroxyl groups is 1. The topological polar surface area (TPSA) is 37.3 Å². The van der Waals surface area contributed by atoms with Crippen LogP contribution in [0.25, 0.3) is 0 Å². The Morgan fingerprint density at radius 1 is 1.16 bits per heavy atom. The van der Waals surface area contributed by atoms with Crippen molar-refractivity contribution >= 4 is 40.3 Å². The Hall–Kier alpha value is 0.779. The molecule has 0 aromatic carbocycles. The van der Waals surface area contributed by atoms with Gasteiger partial charge in [0.25, 0.3) is 0 Å². The third-order valence-electron chi connectivity index (χ3n) is 2.93. The molecule has 113 valence electrons. The molecule has 1 atom stereocenters. The number of carbonyl (C=O) groups is 1. The fourth-order valence-electron chi connectivity index (χ4n) is 1.59. The van der Waals surface area contributed by atoms with E-state index in [9.17, 15) is 4.79 Å². The first-order chi connectivity index (χ1) is 8.99. The van der Waals surface area contributed by atoms with Crippen molar-refractivity contribution in [1.29, 1.82) is 0 Å². The maximum atomic E-state index is 10.9. The van der Waals surface area contributed by atoms with E-state index in [2.05, 4.69) is 33.4 Å². The van der Waals surface area contributed by atoms with E-state index in [0.717, 1.165) is 25.2 Å². The summed E-state index contributed by atoms with van der Waals surface area (Å²) >= 11 is 5.42. The van der Waals surface area contributed by atoms with Crippen LogP contribution in [-0.4, -0.2) is 39.4 Å². The van der Waals surface area contributed by atoms with Crippen LogP contribution >= 0.6 is 12.6 Å². The first-order valence-corrected chi connectivity index (χ1v) is 9.94. The second-order valence-electron chi connectivity index (χ2n) is 5.35. The van der Waals surface area contributed by atoms with E-state index in [-0.39, 0.29) is 17.6 Å². The molecule has 0 amide bonds. The molecule has 1 N–H and O–H groups in total. The number of unbranched alkanes of at least 4 members (excludes halogenated alkanes) is 3. The van der Waals surface area contributed by atoms with E-state index in [1.54, 1.807) is 22.5 Å². The van der Waals surface area contributed by atoms with Crippen molar-refractivity contribution in [3.63, 3.8) is 0 Å². The van der Waals surface area contributed by atoms with Crippen molar-refractivity contribution in [3.8, 4) is 0 Å². The van der Waals surface area contributed by atoms with Crippen LogP contribution in [0.5, 0.6) is 0 Å². The van der Waals surface area contributed by atoms with Crippen LogP contribution in [0.1, 0.15) is 65.7 Å². The molecular weight excluding hydrogens is 363 g/mol. The van der Waals surface area contributed by atoms with Crippen LogP contribution in [0.15, 0.2) is 0 Å².